The van der Waals surface area contributed by atoms with Crippen LogP contribution in [0.2, 0.25) is 0 Å². The van der Waals surface area contributed by atoms with Crippen LogP contribution in [0.4, 0.5) is 0 Å². The fraction of sp³-hybridized carbons (Fsp3) is 0.444. The predicted octanol–water partition coefficient (Wildman–Crippen LogP) is 0.471. The zero-order valence-electron chi connectivity index (χ0n) is 7.77. The highest BCUT2D eigenvalue weighted by atomic mass is 16.5. The van der Waals surface area contributed by atoms with Gasteiger partial charge in [0.1, 0.15) is 0 Å². The molecule has 0 bridgehead atoms. The molecule has 72 valence electrons. The summed E-state index contributed by atoms with van der Waals surface area (Å²) in [7, 11) is 1.55. The summed E-state index contributed by atoms with van der Waals surface area (Å²) in [5, 5.41) is 9.22. The van der Waals surface area contributed by atoms with E-state index in [0.717, 1.165) is 5.56 Å². The van der Waals surface area contributed by atoms with Gasteiger partial charge in [-0.1, -0.05) is 6.07 Å². The second-order valence-electron chi connectivity index (χ2n) is 2.90. The van der Waals surface area contributed by atoms with Crippen molar-refractivity contribution < 1.29 is 9.84 Å². The average molecular weight is 182 g/mol. The SMILES string of the molecule is COc1ccc([C@@H](N)[C@@H](C)O)cn1. The average Bonchev–Trinajstić information content (AvgIpc) is 2.17. The molecule has 4 heteroatoms. The monoisotopic (exact) mass is 182 g/mol. The molecule has 1 aromatic rings. The molecule has 0 aliphatic carbocycles. The zero-order chi connectivity index (χ0) is 9.84. The number of nitrogens with two attached hydrogens (primary N) is 1. The molecule has 0 aliphatic heterocycles. The van der Waals surface area contributed by atoms with Crippen molar-refractivity contribution in [1.29, 1.82) is 0 Å². The van der Waals surface area contributed by atoms with Gasteiger partial charge in [0.15, 0.2) is 0 Å². The number of rotatable bonds is 3. The van der Waals surface area contributed by atoms with Crippen molar-refractivity contribution in [3.63, 3.8) is 0 Å². The lowest BCUT2D eigenvalue weighted by atomic mass is 10.1. The van der Waals surface area contributed by atoms with E-state index in [0.29, 0.717) is 5.88 Å². The maximum absolute atomic E-state index is 9.22. The van der Waals surface area contributed by atoms with Gasteiger partial charge in [0.25, 0.3) is 0 Å². The molecule has 13 heavy (non-hydrogen) atoms. The van der Waals surface area contributed by atoms with Crippen molar-refractivity contribution in [1.82, 2.24) is 4.98 Å². The third kappa shape index (κ3) is 2.40. The van der Waals surface area contributed by atoms with Gasteiger partial charge in [-0.25, -0.2) is 4.98 Å². The van der Waals surface area contributed by atoms with Gasteiger partial charge in [-0.2, -0.15) is 0 Å². The van der Waals surface area contributed by atoms with E-state index in [4.69, 9.17) is 10.5 Å². The van der Waals surface area contributed by atoms with Gasteiger partial charge >= 0.3 is 0 Å². The van der Waals surface area contributed by atoms with Crippen LogP contribution in [0.15, 0.2) is 18.3 Å². The van der Waals surface area contributed by atoms with Crippen LogP contribution in [-0.2, 0) is 0 Å². The molecule has 0 saturated carbocycles. The second kappa shape index (κ2) is 4.20. The van der Waals surface area contributed by atoms with Gasteiger partial charge in [0.2, 0.25) is 5.88 Å². The number of aromatic nitrogens is 1. The first-order valence-corrected chi connectivity index (χ1v) is 4.08. The molecule has 0 radical (unpaired) electrons. The molecular weight excluding hydrogens is 168 g/mol. The minimum atomic E-state index is -0.574. The highest BCUT2D eigenvalue weighted by Gasteiger charge is 2.11. The van der Waals surface area contributed by atoms with Gasteiger partial charge in [-0.3, -0.25) is 0 Å². The number of ether oxygens (including phenoxy) is 1. The summed E-state index contributed by atoms with van der Waals surface area (Å²) < 4.78 is 4.89. The van der Waals surface area contributed by atoms with E-state index >= 15 is 0 Å². The molecule has 4 nitrogen and oxygen atoms in total. The molecule has 0 saturated heterocycles. The zero-order valence-corrected chi connectivity index (χ0v) is 7.77. The van der Waals surface area contributed by atoms with Crippen LogP contribution >= 0.6 is 0 Å². The normalized spacial score (nSPS) is 15.1. The van der Waals surface area contributed by atoms with Crippen LogP contribution in [0.3, 0.4) is 0 Å². The van der Waals surface area contributed by atoms with Gasteiger partial charge in [-0.15, -0.1) is 0 Å². The molecule has 0 unspecified atom stereocenters. The van der Waals surface area contributed by atoms with Crippen LogP contribution < -0.4 is 10.5 Å². The smallest absolute Gasteiger partial charge is 0.212 e. The number of aliphatic hydroxyl groups is 1. The molecule has 1 aromatic heterocycles. The molecular formula is C9H14N2O2. The standard InChI is InChI=1S/C9H14N2O2/c1-6(12)9(10)7-3-4-8(13-2)11-5-7/h3-6,9,12H,10H2,1-2H3/t6-,9+/m1/s1. The Morgan fingerprint density at radius 2 is 2.23 bits per heavy atom. The van der Waals surface area contributed by atoms with Crippen molar-refractivity contribution in [2.24, 2.45) is 5.73 Å². The molecule has 2 atom stereocenters. The van der Waals surface area contributed by atoms with Gasteiger partial charge in [-0.05, 0) is 12.5 Å². The molecule has 0 aromatic carbocycles. The number of aliphatic hydroxyl groups excluding tert-OH is 1. The Bertz CT molecular complexity index is 259. The van der Waals surface area contributed by atoms with Crippen molar-refractivity contribution in [2.75, 3.05) is 7.11 Å². The summed E-state index contributed by atoms with van der Waals surface area (Å²) in [6, 6.07) is 3.12. The maximum atomic E-state index is 9.22. The topological polar surface area (TPSA) is 68.4 Å². The van der Waals surface area contributed by atoms with E-state index < -0.39 is 12.1 Å². The lowest BCUT2D eigenvalue weighted by Gasteiger charge is -2.14. The highest BCUT2D eigenvalue weighted by Crippen LogP contribution is 2.15. The Balaban J connectivity index is 2.79. The van der Waals surface area contributed by atoms with E-state index in [-0.39, 0.29) is 0 Å². The Morgan fingerprint density at radius 3 is 2.62 bits per heavy atom. The first-order chi connectivity index (χ1) is 6.15. The quantitative estimate of drug-likeness (QED) is 0.713. The Hall–Kier alpha value is -1.13. The summed E-state index contributed by atoms with van der Waals surface area (Å²) in [5.74, 6) is 0.543. The molecule has 0 fully saturated rings. The lowest BCUT2D eigenvalue weighted by molar-refractivity contribution is 0.164. The molecule has 0 aliphatic rings. The van der Waals surface area contributed by atoms with Gasteiger partial charge in [0, 0.05) is 12.3 Å². The number of hydrogen-bond acceptors (Lipinski definition) is 4. The highest BCUT2D eigenvalue weighted by molar-refractivity contribution is 5.21. The van der Waals surface area contributed by atoms with Crippen molar-refractivity contribution >= 4 is 0 Å². The lowest BCUT2D eigenvalue weighted by Crippen LogP contribution is -2.23. The minimum absolute atomic E-state index is 0.390. The van der Waals surface area contributed by atoms with Crippen LogP contribution in [0.1, 0.15) is 18.5 Å². The molecule has 0 spiro atoms. The van der Waals surface area contributed by atoms with Crippen molar-refractivity contribution in [3.8, 4) is 5.88 Å². The molecule has 0 amide bonds. The van der Waals surface area contributed by atoms with E-state index in [9.17, 15) is 5.11 Å². The Kier molecular flexibility index (Phi) is 3.22. The van der Waals surface area contributed by atoms with Crippen LogP contribution in [0.25, 0.3) is 0 Å². The minimum Gasteiger partial charge on any atom is -0.481 e. The summed E-state index contributed by atoms with van der Waals surface area (Å²) >= 11 is 0. The van der Waals surface area contributed by atoms with E-state index in [1.807, 2.05) is 0 Å². The molecule has 1 rings (SSSR count). The van der Waals surface area contributed by atoms with Gasteiger partial charge < -0.3 is 15.6 Å². The van der Waals surface area contributed by atoms with Crippen LogP contribution in [0, 0.1) is 0 Å². The first kappa shape index (κ1) is 9.95. The largest absolute Gasteiger partial charge is 0.481 e. The Morgan fingerprint density at radius 1 is 1.54 bits per heavy atom. The van der Waals surface area contributed by atoms with Crippen LogP contribution in [-0.4, -0.2) is 23.3 Å². The third-order valence-electron chi connectivity index (χ3n) is 1.87. The first-order valence-electron chi connectivity index (χ1n) is 4.08. The predicted molar refractivity (Wildman–Crippen MR) is 49.4 cm³/mol. The maximum Gasteiger partial charge on any atom is 0.212 e. The second-order valence-corrected chi connectivity index (χ2v) is 2.90. The molecule has 3 N–H and O–H groups in total. The fourth-order valence-corrected chi connectivity index (χ4v) is 0.988. The summed E-state index contributed by atoms with van der Waals surface area (Å²) in [6.45, 7) is 1.65. The van der Waals surface area contributed by atoms with E-state index in [1.54, 1.807) is 32.4 Å². The van der Waals surface area contributed by atoms with E-state index in [1.165, 1.54) is 0 Å². The Labute approximate surface area is 77.4 Å². The van der Waals surface area contributed by atoms with Crippen molar-refractivity contribution in [2.45, 2.75) is 19.1 Å². The van der Waals surface area contributed by atoms with Crippen molar-refractivity contribution in [3.05, 3.63) is 23.9 Å². The van der Waals surface area contributed by atoms with Gasteiger partial charge in [0.05, 0.1) is 19.3 Å². The number of pyridine rings is 1. The third-order valence-corrected chi connectivity index (χ3v) is 1.87. The number of nitrogens with zero attached hydrogens (tertiary/aromatic N) is 1. The molecule has 1 heterocycles. The van der Waals surface area contributed by atoms with E-state index in [2.05, 4.69) is 4.98 Å². The number of methoxy groups -OCH3 is 1. The number of hydrogen-bond donors (Lipinski definition) is 2. The van der Waals surface area contributed by atoms with Crippen LogP contribution in [0.5, 0.6) is 5.88 Å². The summed E-state index contributed by atoms with van der Waals surface area (Å²) in [4.78, 5) is 3.99. The summed E-state index contributed by atoms with van der Waals surface area (Å²) in [6.07, 6.45) is 1.03. The fourth-order valence-electron chi connectivity index (χ4n) is 0.988. The summed E-state index contributed by atoms with van der Waals surface area (Å²) in [5.41, 5.74) is 6.50.